The zero-order valence-electron chi connectivity index (χ0n) is 10.9. The van der Waals surface area contributed by atoms with E-state index in [0.717, 1.165) is 5.56 Å². The minimum absolute atomic E-state index is 0.233. The average molecular weight is 239 g/mol. The Hall–Kier alpha value is -1.29. The Labute approximate surface area is 102 Å². The summed E-state index contributed by atoms with van der Waals surface area (Å²) in [7, 11) is 1.39. The number of aliphatic hydroxyl groups is 1. The topological polar surface area (TPSA) is 51.5 Å². The van der Waals surface area contributed by atoms with Crippen LogP contribution in [0.3, 0.4) is 0 Å². The molecule has 0 saturated carbocycles. The van der Waals surface area contributed by atoms with Gasteiger partial charge in [-0.25, -0.2) is 0 Å². The van der Waals surface area contributed by atoms with E-state index in [0.29, 0.717) is 13.0 Å². The number of methoxy groups -OCH3 is 1. The van der Waals surface area contributed by atoms with E-state index in [1.165, 1.54) is 7.11 Å². The normalized spacial score (nSPS) is 13.5. The van der Waals surface area contributed by atoms with Crippen LogP contribution in [0.15, 0.2) is 18.5 Å². The fourth-order valence-electron chi connectivity index (χ4n) is 1.79. The first kappa shape index (κ1) is 13.8. The Kier molecular flexibility index (Phi) is 4.34. The Bertz CT molecular complexity index is 382. The highest BCUT2D eigenvalue weighted by atomic mass is 16.5. The number of aromatic nitrogens is 1. The van der Waals surface area contributed by atoms with Crippen LogP contribution in [0.2, 0.25) is 0 Å². The van der Waals surface area contributed by atoms with Gasteiger partial charge in [-0.05, 0) is 31.9 Å². The number of ether oxygens (including phenoxy) is 1. The molecule has 4 nitrogen and oxygen atoms in total. The number of esters is 1. The number of aliphatic hydroxyl groups excluding tert-OH is 1. The van der Waals surface area contributed by atoms with E-state index in [9.17, 15) is 9.90 Å². The van der Waals surface area contributed by atoms with E-state index in [4.69, 9.17) is 4.74 Å². The maximum absolute atomic E-state index is 11.5. The number of nitrogens with zero attached hydrogens (tertiary/aromatic N) is 1. The van der Waals surface area contributed by atoms with Crippen molar-refractivity contribution in [1.29, 1.82) is 0 Å². The Balaban J connectivity index is 2.75. The number of hydrogen-bond acceptors (Lipinski definition) is 3. The molecule has 0 aliphatic carbocycles. The predicted octanol–water partition coefficient (Wildman–Crippen LogP) is 2.13. The van der Waals surface area contributed by atoms with Crippen molar-refractivity contribution in [2.24, 2.45) is 5.41 Å². The van der Waals surface area contributed by atoms with Crippen molar-refractivity contribution < 1.29 is 14.6 Å². The lowest BCUT2D eigenvalue weighted by molar-refractivity contribution is -0.151. The zero-order chi connectivity index (χ0) is 13.1. The Morgan fingerprint density at radius 2 is 2.24 bits per heavy atom. The van der Waals surface area contributed by atoms with Gasteiger partial charge in [0, 0.05) is 18.9 Å². The first-order chi connectivity index (χ1) is 7.90. The van der Waals surface area contributed by atoms with Gasteiger partial charge < -0.3 is 14.4 Å². The maximum atomic E-state index is 11.5. The summed E-state index contributed by atoms with van der Waals surface area (Å²) in [5, 5.41) is 9.69. The van der Waals surface area contributed by atoms with Gasteiger partial charge in [-0.1, -0.05) is 6.92 Å². The molecule has 0 spiro atoms. The molecule has 0 fully saturated rings. The summed E-state index contributed by atoms with van der Waals surface area (Å²) in [6.07, 6.45) is 4.00. The minimum atomic E-state index is -0.567. The van der Waals surface area contributed by atoms with E-state index >= 15 is 0 Å². The number of rotatable bonds is 5. The molecule has 17 heavy (non-hydrogen) atoms. The van der Waals surface area contributed by atoms with Crippen molar-refractivity contribution in [1.82, 2.24) is 4.57 Å². The smallest absolute Gasteiger partial charge is 0.313 e. The van der Waals surface area contributed by atoms with Crippen molar-refractivity contribution in [3.63, 3.8) is 0 Å². The van der Waals surface area contributed by atoms with Gasteiger partial charge >= 0.3 is 5.97 Å². The molecule has 1 rings (SSSR count). The van der Waals surface area contributed by atoms with Gasteiger partial charge in [0.1, 0.15) is 0 Å². The molecule has 1 aromatic rings. The molecule has 1 heterocycles. The number of hydrogen-bond donors (Lipinski definition) is 1. The molecule has 1 atom stereocenters. The van der Waals surface area contributed by atoms with Crippen LogP contribution in [-0.4, -0.2) is 22.8 Å². The van der Waals surface area contributed by atoms with Gasteiger partial charge in [-0.2, -0.15) is 0 Å². The molecule has 96 valence electrons. The third-order valence-electron chi connectivity index (χ3n) is 2.86. The summed E-state index contributed by atoms with van der Waals surface area (Å²) in [4.78, 5) is 11.5. The molecular weight excluding hydrogens is 218 g/mol. The Morgan fingerprint density at radius 3 is 2.76 bits per heavy atom. The number of carbonyl (C=O) groups excluding carboxylic acids is 1. The molecule has 0 aliphatic rings. The largest absolute Gasteiger partial charge is 0.469 e. The summed E-state index contributed by atoms with van der Waals surface area (Å²) in [5.74, 6) is -0.233. The van der Waals surface area contributed by atoms with Crippen LogP contribution in [-0.2, 0) is 16.1 Å². The summed E-state index contributed by atoms with van der Waals surface area (Å²) in [6, 6.07) is 1.88. The molecule has 0 bridgehead atoms. The second-order valence-corrected chi connectivity index (χ2v) is 4.92. The molecule has 0 aliphatic heterocycles. The van der Waals surface area contributed by atoms with Crippen molar-refractivity contribution >= 4 is 5.97 Å². The summed E-state index contributed by atoms with van der Waals surface area (Å²) < 4.78 is 6.67. The van der Waals surface area contributed by atoms with Crippen LogP contribution in [0, 0.1) is 5.41 Å². The first-order valence-electron chi connectivity index (χ1n) is 5.83. The maximum Gasteiger partial charge on any atom is 0.313 e. The highest BCUT2D eigenvalue weighted by Gasteiger charge is 2.29. The standard InChI is InChI=1S/C13H21NO3/c1-5-11(15)10-6-7-14(8-10)9-13(2,3)12(16)17-4/h6-8,11,15H,5,9H2,1-4H3. The fraction of sp³-hybridized carbons (Fsp3) is 0.615. The third-order valence-corrected chi connectivity index (χ3v) is 2.86. The van der Waals surface area contributed by atoms with E-state index in [1.807, 2.05) is 43.8 Å². The molecule has 1 N–H and O–H groups in total. The van der Waals surface area contributed by atoms with Crippen LogP contribution < -0.4 is 0 Å². The monoisotopic (exact) mass is 239 g/mol. The molecule has 0 radical (unpaired) electrons. The van der Waals surface area contributed by atoms with Crippen LogP contribution in [0.25, 0.3) is 0 Å². The molecule has 1 aromatic heterocycles. The minimum Gasteiger partial charge on any atom is -0.469 e. The zero-order valence-corrected chi connectivity index (χ0v) is 10.9. The highest BCUT2D eigenvalue weighted by Crippen LogP contribution is 2.22. The van der Waals surface area contributed by atoms with Gasteiger partial charge in [-0.3, -0.25) is 4.79 Å². The molecular formula is C13H21NO3. The summed E-state index contributed by atoms with van der Waals surface area (Å²) >= 11 is 0. The quantitative estimate of drug-likeness (QED) is 0.801. The molecule has 0 saturated heterocycles. The van der Waals surface area contributed by atoms with Gasteiger partial charge in [-0.15, -0.1) is 0 Å². The molecule has 0 aromatic carbocycles. The van der Waals surface area contributed by atoms with Gasteiger partial charge in [0.05, 0.1) is 18.6 Å². The van der Waals surface area contributed by atoms with Gasteiger partial charge in [0.15, 0.2) is 0 Å². The van der Waals surface area contributed by atoms with Crippen LogP contribution in [0.5, 0.6) is 0 Å². The lowest BCUT2D eigenvalue weighted by Crippen LogP contribution is -2.30. The van der Waals surface area contributed by atoms with Crippen molar-refractivity contribution in [3.05, 3.63) is 24.0 Å². The molecule has 1 unspecified atom stereocenters. The summed E-state index contributed by atoms with van der Waals surface area (Å²) in [6.45, 7) is 6.15. The van der Waals surface area contributed by atoms with E-state index in [2.05, 4.69) is 0 Å². The average Bonchev–Trinajstić information content (AvgIpc) is 2.74. The van der Waals surface area contributed by atoms with Crippen LogP contribution in [0.4, 0.5) is 0 Å². The van der Waals surface area contributed by atoms with E-state index in [1.54, 1.807) is 0 Å². The van der Waals surface area contributed by atoms with Gasteiger partial charge in [0.2, 0.25) is 0 Å². The van der Waals surface area contributed by atoms with Crippen molar-refractivity contribution in [3.8, 4) is 0 Å². The van der Waals surface area contributed by atoms with E-state index < -0.39 is 11.5 Å². The second-order valence-electron chi connectivity index (χ2n) is 4.92. The lowest BCUT2D eigenvalue weighted by Gasteiger charge is -2.21. The van der Waals surface area contributed by atoms with Crippen LogP contribution in [0.1, 0.15) is 38.9 Å². The fourth-order valence-corrected chi connectivity index (χ4v) is 1.79. The Morgan fingerprint density at radius 1 is 1.59 bits per heavy atom. The van der Waals surface area contributed by atoms with E-state index in [-0.39, 0.29) is 5.97 Å². The predicted molar refractivity (Wildman–Crippen MR) is 65.5 cm³/mol. The third kappa shape index (κ3) is 3.33. The van der Waals surface area contributed by atoms with Gasteiger partial charge in [0.25, 0.3) is 0 Å². The second kappa shape index (κ2) is 5.36. The number of carbonyl (C=O) groups is 1. The van der Waals surface area contributed by atoms with Crippen LogP contribution >= 0.6 is 0 Å². The van der Waals surface area contributed by atoms with Crippen molar-refractivity contribution in [2.75, 3.05) is 7.11 Å². The first-order valence-corrected chi connectivity index (χ1v) is 5.83. The SMILES string of the molecule is CCC(O)c1ccn(CC(C)(C)C(=O)OC)c1. The molecule has 0 amide bonds. The highest BCUT2D eigenvalue weighted by molar-refractivity contribution is 5.75. The summed E-state index contributed by atoms with van der Waals surface area (Å²) in [5.41, 5.74) is 0.315. The lowest BCUT2D eigenvalue weighted by atomic mass is 9.94. The molecule has 4 heteroatoms. The van der Waals surface area contributed by atoms with Crippen molar-refractivity contribution in [2.45, 2.75) is 39.8 Å².